The number of aliphatic hydroxyl groups excluding tert-OH is 5. The number of hydrogen-bond donors (Lipinski definition) is 6. The van der Waals surface area contributed by atoms with Crippen molar-refractivity contribution in [3.8, 4) is 16.9 Å². The van der Waals surface area contributed by atoms with E-state index >= 15 is 0 Å². The minimum absolute atomic E-state index is 0.201. The fraction of sp³-hybridized carbons (Fsp3) is 0.529. The molecule has 2 saturated carbocycles. The highest BCUT2D eigenvalue weighted by Gasteiger charge is 2.46. The van der Waals surface area contributed by atoms with Gasteiger partial charge in [-0.05, 0) is 67.9 Å². The number of aromatic nitrogens is 3. The number of carbonyl (C=O) groups excluding carboxylic acids is 1. The third-order valence-corrected chi connectivity index (χ3v) is 9.66. The van der Waals surface area contributed by atoms with E-state index < -0.39 is 31.0 Å². The zero-order valence-electron chi connectivity index (χ0n) is 26.8. The van der Waals surface area contributed by atoms with Crippen molar-refractivity contribution in [2.24, 2.45) is 0 Å². The molecule has 4 unspecified atom stereocenters. The molecule has 12 nitrogen and oxygen atoms in total. The van der Waals surface area contributed by atoms with Crippen molar-refractivity contribution in [3.63, 3.8) is 0 Å². The van der Waals surface area contributed by atoms with Crippen LogP contribution in [0.15, 0.2) is 54.1 Å². The van der Waals surface area contributed by atoms with Gasteiger partial charge >= 0.3 is 0 Å². The highest BCUT2D eigenvalue weighted by atomic mass is 32.2. The first-order valence-electron chi connectivity index (χ1n) is 16.1. The number of para-hydroxylation sites is 1. The first-order chi connectivity index (χ1) is 22.6. The third kappa shape index (κ3) is 9.05. The molecule has 1 amide bonds. The van der Waals surface area contributed by atoms with Gasteiger partial charge in [-0.3, -0.25) is 9.78 Å². The molecule has 254 valence electrons. The van der Waals surface area contributed by atoms with Crippen LogP contribution in [-0.4, -0.2) is 108 Å². The first-order valence-corrected chi connectivity index (χ1v) is 17.1. The number of benzene rings is 1. The lowest BCUT2D eigenvalue weighted by molar-refractivity contribution is -0.138. The summed E-state index contributed by atoms with van der Waals surface area (Å²) in [6.07, 6.45) is 4.32. The van der Waals surface area contributed by atoms with Crippen molar-refractivity contribution >= 4 is 17.7 Å². The van der Waals surface area contributed by atoms with Crippen LogP contribution in [0.3, 0.4) is 0 Å². The van der Waals surface area contributed by atoms with Crippen molar-refractivity contribution in [3.05, 3.63) is 65.7 Å². The van der Waals surface area contributed by atoms with Crippen molar-refractivity contribution in [1.29, 1.82) is 0 Å². The summed E-state index contributed by atoms with van der Waals surface area (Å²) in [5.41, 5.74) is 5.06. The van der Waals surface area contributed by atoms with Gasteiger partial charge < -0.3 is 40.5 Å². The molecule has 0 aliphatic heterocycles. The zero-order chi connectivity index (χ0) is 33.6. The Kier molecular flexibility index (Phi) is 11.8. The summed E-state index contributed by atoms with van der Waals surface area (Å²) in [6.45, 7) is 1.56. The van der Waals surface area contributed by atoms with Crippen LogP contribution in [0.5, 0.6) is 5.75 Å². The van der Waals surface area contributed by atoms with Gasteiger partial charge in [-0.25, -0.2) is 9.97 Å². The maximum Gasteiger partial charge on any atom is 0.222 e. The molecular weight excluding hydrogens is 622 g/mol. The minimum atomic E-state index is -1.73. The lowest BCUT2D eigenvalue weighted by Crippen LogP contribution is -2.49. The molecule has 0 bridgehead atoms. The Bertz CT molecular complexity index is 1510. The molecule has 2 aliphatic rings. The predicted molar refractivity (Wildman–Crippen MR) is 177 cm³/mol. The van der Waals surface area contributed by atoms with Crippen LogP contribution >= 0.6 is 11.8 Å². The molecule has 1 aromatic carbocycles. The Morgan fingerprint density at radius 3 is 2.55 bits per heavy atom. The largest absolute Gasteiger partial charge is 0.490 e. The molecule has 0 radical (unpaired) electrons. The van der Waals surface area contributed by atoms with Gasteiger partial charge in [0, 0.05) is 62.0 Å². The van der Waals surface area contributed by atoms with Gasteiger partial charge in [-0.15, -0.1) is 0 Å². The van der Waals surface area contributed by atoms with Crippen LogP contribution in [0.2, 0.25) is 0 Å². The van der Waals surface area contributed by atoms with Gasteiger partial charge in [0.05, 0.1) is 18.4 Å². The van der Waals surface area contributed by atoms with Crippen molar-refractivity contribution in [1.82, 2.24) is 25.2 Å². The summed E-state index contributed by atoms with van der Waals surface area (Å²) in [7, 11) is 1.49. The van der Waals surface area contributed by atoms with Crippen molar-refractivity contribution < 1.29 is 35.1 Å². The molecule has 47 heavy (non-hydrogen) atoms. The average Bonchev–Trinajstić information content (AvgIpc) is 4.03. The van der Waals surface area contributed by atoms with E-state index in [9.17, 15) is 25.2 Å². The third-order valence-electron chi connectivity index (χ3n) is 8.71. The molecule has 2 aliphatic carbocycles. The van der Waals surface area contributed by atoms with Crippen LogP contribution in [0.4, 0.5) is 0 Å². The molecule has 6 N–H and O–H groups in total. The smallest absolute Gasteiger partial charge is 0.222 e. The van der Waals surface area contributed by atoms with E-state index in [1.54, 1.807) is 0 Å². The second kappa shape index (κ2) is 15.8. The summed E-state index contributed by atoms with van der Waals surface area (Å²) in [6, 6.07) is 10.3. The highest BCUT2D eigenvalue weighted by molar-refractivity contribution is 7.99. The van der Waals surface area contributed by atoms with Gasteiger partial charge in [0.2, 0.25) is 5.91 Å². The molecule has 3 aromatic rings. The number of aryl methyl sites for hydroxylation is 1. The van der Waals surface area contributed by atoms with Gasteiger partial charge in [0.15, 0.2) is 5.16 Å². The Labute approximate surface area is 279 Å². The Morgan fingerprint density at radius 2 is 1.83 bits per heavy atom. The highest BCUT2D eigenvalue weighted by Crippen LogP contribution is 2.50. The number of rotatable bonds is 18. The number of aliphatic hydroxyl groups is 5. The van der Waals surface area contributed by atoms with E-state index in [-0.39, 0.29) is 24.4 Å². The second-order valence-electron chi connectivity index (χ2n) is 12.5. The summed E-state index contributed by atoms with van der Waals surface area (Å²) >= 11 is 1.46. The Morgan fingerprint density at radius 1 is 1.09 bits per heavy atom. The van der Waals surface area contributed by atoms with E-state index in [4.69, 9.17) is 14.8 Å². The van der Waals surface area contributed by atoms with Crippen LogP contribution in [0.1, 0.15) is 55.3 Å². The molecular formula is C34H45N5O7S. The first kappa shape index (κ1) is 35.1. The Hall–Kier alpha value is -3.17. The molecule has 2 fully saturated rings. The molecule has 0 spiro atoms. The van der Waals surface area contributed by atoms with Crippen LogP contribution < -0.4 is 10.1 Å². The van der Waals surface area contributed by atoms with E-state index in [1.165, 1.54) is 23.7 Å². The molecule has 2 heterocycles. The van der Waals surface area contributed by atoms with Gasteiger partial charge in [0.1, 0.15) is 30.2 Å². The fourth-order valence-corrected chi connectivity index (χ4v) is 6.20. The number of amides is 1. The maximum atomic E-state index is 12.6. The van der Waals surface area contributed by atoms with Gasteiger partial charge in [-0.2, -0.15) is 0 Å². The fourth-order valence-electron chi connectivity index (χ4n) is 5.43. The predicted octanol–water partition coefficient (Wildman–Crippen LogP) is 1.93. The number of ether oxygens (including phenoxy) is 1. The number of nitrogens with one attached hydrogen (secondary N) is 1. The second-order valence-corrected chi connectivity index (χ2v) is 13.5. The molecule has 4 atom stereocenters. The van der Waals surface area contributed by atoms with Gasteiger partial charge in [0.25, 0.3) is 0 Å². The van der Waals surface area contributed by atoms with Crippen LogP contribution in [0, 0.1) is 6.92 Å². The summed E-state index contributed by atoms with van der Waals surface area (Å²) in [5.74, 6) is 1.27. The Balaban J connectivity index is 1.13. The summed E-state index contributed by atoms with van der Waals surface area (Å²) < 4.78 is 6.24. The summed E-state index contributed by atoms with van der Waals surface area (Å²) in [5, 5.41) is 52.8. The van der Waals surface area contributed by atoms with Crippen LogP contribution in [0.25, 0.3) is 11.1 Å². The maximum absolute atomic E-state index is 12.6. The van der Waals surface area contributed by atoms with E-state index in [1.807, 2.05) is 43.7 Å². The SMILES string of the molecule is Cc1cnc(SCCCC(=O)N(C)CC(O)C(O)C(O)C(O)CO)nc1CNC1(c2cnccc2-c2ccccc2OC2CC2)CC1. The van der Waals surface area contributed by atoms with E-state index in [0.717, 1.165) is 59.4 Å². The monoisotopic (exact) mass is 667 g/mol. The van der Waals surface area contributed by atoms with E-state index in [2.05, 4.69) is 27.4 Å². The number of likely N-dealkylation sites (N-methyl/N-ethyl adjacent to an activating group) is 1. The average molecular weight is 668 g/mol. The molecule has 5 rings (SSSR count). The van der Waals surface area contributed by atoms with Crippen molar-refractivity contribution in [2.45, 2.75) is 93.2 Å². The lowest BCUT2D eigenvalue weighted by Gasteiger charge is -2.28. The number of nitrogens with zero attached hydrogens (tertiary/aromatic N) is 4. The number of carbonyl (C=O) groups is 1. The lowest BCUT2D eigenvalue weighted by atomic mass is 9.94. The molecule has 0 saturated heterocycles. The number of thioether (sulfide) groups is 1. The van der Waals surface area contributed by atoms with Crippen molar-refractivity contribution in [2.75, 3.05) is 26.0 Å². The normalized spacial score (nSPS) is 17.9. The molecule has 2 aromatic heterocycles. The quantitative estimate of drug-likeness (QED) is 0.0660. The topological polar surface area (TPSA) is 181 Å². The van der Waals surface area contributed by atoms with Gasteiger partial charge in [-0.1, -0.05) is 30.0 Å². The zero-order valence-corrected chi connectivity index (χ0v) is 27.6. The number of pyridine rings is 1. The number of hydrogen-bond acceptors (Lipinski definition) is 12. The summed E-state index contributed by atoms with van der Waals surface area (Å²) in [4.78, 5) is 27.6. The van der Waals surface area contributed by atoms with Crippen LogP contribution in [-0.2, 0) is 16.9 Å². The minimum Gasteiger partial charge on any atom is -0.490 e. The van der Waals surface area contributed by atoms with E-state index in [0.29, 0.717) is 30.0 Å². The molecule has 13 heteroatoms. The standard InChI is InChI=1S/C34H45N5O7S/c1-21-16-36-33(47-15-5-8-30(43)39(2)19-27(41)31(44)32(45)28(42)20-40)38-26(21)18-37-34(12-13-34)25-17-35-14-11-23(25)24-6-3-4-7-29(24)46-22-9-10-22/h3-4,6-7,11,14,16-17,22,27-28,31-32,37,40-42,44-45H,5,8-10,12-13,15,18-20H2,1-2H3.